The van der Waals surface area contributed by atoms with Gasteiger partial charge in [-0.25, -0.2) is 4.98 Å². The molecule has 0 unspecified atom stereocenters. The summed E-state index contributed by atoms with van der Waals surface area (Å²) in [6.07, 6.45) is 1.41. The molecule has 0 bridgehead atoms. The Labute approximate surface area is 179 Å². The van der Waals surface area contributed by atoms with Crippen molar-refractivity contribution in [1.29, 1.82) is 5.26 Å². The van der Waals surface area contributed by atoms with Gasteiger partial charge in [0.25, 0.3) is 5.91 Å². The first kappa shape index (κ1) is 19.3. The molecule has 1 amide bonds. The molecule has 29 heavy (non-hydrogen) atoms. The standard InChI is InChI=1S/C21H12ClN3O2S2/c22-14-5-8-16(9-6-14)28-19-10-7-15(27-19)11-13(12-23)20(26)25-21-24-17-3-1-2-4-18(17)29-21/h1-11H,(H,24,25,26)/b13-11+. The zero-order valence-corrected chi connectivity index (χ0v) is 17.1. The number of hydrogen-bond donors (Lipinski definition) is 1. The monoisotopic (exact) mass is 437 g/mol. The van der Waals surface area contributed by atoms with Crippen LogP contribution in [-0.2, 0) is 4.79 Å². The molecule has 4 rings (SSSR count). The average molecular weight is 438 g/mol. The molecule has 0 radical (unpaired) electrons. The molecular formula is C21H12ClN3O2S2. The summed E-state index contributed by atoms with van der Waals surface area (Å²) in [5, 5.41) is 13.8. The fourth-order valence-electron chi connectivity index (χ4n) is 2.47. The van der Waals surface area contributed by atoms with E-state index in [-0.39, 0.29) is 5.57 Å². The van der Waals surface area contributed by atoms with Gasteiger partial charge in [0.1, 0.15) is 17.4 Å². The van der Waals surface area contributed by atoms with Crippen LogP contribution in [0.2, 0.25) is 5.02 Å². The van der Waals surface area contributed by atoms with E-state index in [0.717, 1.165) is 15.1 Å². The van der Waals surface area contributed by atoms with E-state index in [1.807, 2.05) is 42.5 Å². The largest absolute Gasteiger partial charge is 0.450 e. The minimum Gasteiger partial charge on any atom is -0.450 e. The number of carbonyl (C=O) groups excluding carboxylic acids is 1. The molecule has 0 saturated carbocycles. The van der Waals surface area contributed by atoms with Gasteiger partial charge in [-0.05, 0) is 48.5 Å². The van der Waals surface area contributed by atoms with Crippen LogP contribution < -0.4 is 5.32 Å². The lowest BCUT2D eigenvalue weighted by Crippen LogP contribution is -2.13. The van der Waals surface area contributed by atoms with Crippen molar-refractivity contribution in [1.82, 2.24) is 4.98 Å². The topological polar surface area (TPSA) is 78.9 Å². The molecule has 0 saturated heterocycles. The smallest absolute Gasteiger partial charge is 0.268 e. The normalized spacial score (nSPS) is 11.4. The Morgan fingerprint density at radius 3 is 2.72 bits per heavy atom. The fraction of sp³-hybridized carbons (Fsp3) is 0. The maximum atomic E-state index is 12.5. The molecular weight excluding hydrogens is 426 g/mol. The van der Waals surface area contributed by atoms with E-state index in [0.29, 0.717) is 21.0 Å². The van der Waals surface area contributed by atoms with E-state index in [1.54, 1.807) is 24.3 Å². The number of aromatic nitrogens is 1. The minimum atomic E-state index is -0.533. The predicted molar refractivity (Wildman–Crippen MR) is 116 cm³/mol. The lowest BCUT2D eigenvalue weighted by Gasteiger charge is -1.99. The first-order chi connectivity index (χ1) is 14.1. The molecule has 142 valence electrons. The van der Waals surface area contributed by atoms with Crippen molar-refractivity contribution < 1.29 is 9.21 Å². The molecule has 0 fully saturated rings. The second kappa shape index (κ2) is 8.53. The molecule has 0 aliphatic rings. The van der Waals surface area contributed by atoms with Gasteiger partial charge in [-0.2, -0.15) is 5.26 Å². The number of anilines is 1. The summed E-state index contributed by atoms with van der Waals surface area (Å²) in [6, 6.07) is 20.4. The maximum Gasteiger partial charge on any atom is 0.268 e. The molecule has 0 aliphatic carbocycles. The predicted octanol–water partition coefficient (Wildman–Crippen LogP) is 6.24. The highest BCUT2D eigenvalue weighted by atomic mass is 35.5. The Balaban J connectivity index is 1.48. The summed E-state index contributed by atoms with van der Waals surface area (Å²) >= 11 is 8.66. The first-order valence-corrected chi connectivity index (χ1v) is 10.4. The van der Waals surface area contributed by atoms with E-state index >= 15 is 0 Å². The second-order valence-electron chi connectivity index (χ2n) is 5.82. The molecule has 2 aromatic carbocycles. The Hall–Kier alpha value is -3.05. The SMILES string of the molecule is N#C/C(=C\c1ccc(Sc2ccc(Cl)cc2)o1)C(=O)Nc1nc2ccccc2s1. The number of nitrogens with zero attached hydrogens (tertiary/aromatic N) is 2. The number of benzene rings is 2. The number of nitriles is 1. The minimum absolute atomic E-state index is 0.0679. The van der Waals surface area contributed by atoms with Crippen LogP contribution in [0.1, 0.15) is 5.76 Å². The number of fused-ring (bicyclic) bond motifs is 1. The van der Waals surface area contributed by atoms with Crippen molar-refractivity contribution in [3.63, 3.8) is 0 Å². The maximum absolute atomic E-state index is 12.5. The van der Waals surface area contributed by atoms with Crippen LogP contribution in [0.5, 0.6) is 0 Å². The van der Waals surface area contributed by atoms with E-state index in [1.165, 1.54) is 29.2 Å². The molecule has 2 heterocycles. The van der Waals surface area contributed by atoms with Crippen LogP contribution in [0.3, 0.4) is 0 Å². The molecule has 8 heteroatoms. The molecule has 2 aromatic heterocycles. The van der Waals surface area contributed by atoms with Crippen LogP contribution in [0.15, 0.2) is 80.6 Å². The lowest BCUT2D eigenvalue weighted by atomic mass is 10.2. The number of carbonyl (C=O) groups is 1. The summed E-state index contributed by atoms with van der Waals surface area (Å²) in [6.45, 7) is 0. The van der Waals surface area contributed by atoms with Gasteiger partial charge in [0, 0.05) is 16.0 Å². The number of hydrogen-bond acceptors (Lipinski definition) is 6. The molecule has 0 atom stereocenters. The number of amides is 1. The molecule has 0 spiro atoms. The van der Waals surface area contributed by atoms with E-state index in [4.69, 9.17) is 16.0 Å². The number of nitrogens with one attached hydrogen (secondary N) is 1. The van der Waals surface area contributed by atoms with E-state index in [2.05, 4.69) is 10.3 Å². The summed E-state index contributed by atoms with van der Waals surface area (Å²) in [7, 11) is 0. The van der Waals surface area contributed by atoms with Crippen LogP contribution in [0.25, 0.3) is 16.3 Å². The van der Waals surface area contributed by atoms with Crippen LogP contribution in [0.4, 0.5) is 5.13 Å². The second-order valence-corrected chi connectivity index (χ2v) is 8.37. The molecule has 5 nitrogen and oxygen atoms in total. The number of halogens is 1. The first-order valence-electron chi connectivity index (χ1n) is 8.43. The van der Waals surface area contributed by atoms with Gasteiger partial charge in [-0.1, -0.05) is 46.8 Å². The highest BCUT2D eigenvalue weighted by Gasteiger charge is 2.14. The summed E-state index contributed by atoms with van der Waals surface area (Å²) in [5.41, 5.74) is 0.729. The number of para-hydroxylation sites is 1. The molecule has 0 aliphatic heterocycles. The van der Waals surface area contributed by atoms with Crippen molar-refractivity contribution in [3.05, 3.63) is 77.0 Å². The van der Waals surface area contributed by atoms with Crippen molar-refractivity contribution >= 4 is 62.0 Å². The number of rotatable bonds is 5. The van der Waals surface area contributed by atoms with Crippen LogP contribution in [0, 0.1) is 11.3 Å². The molecule has 1 N–H and O–H groups in total. The van der Waals surface area contributed by atoms with Crippen molar-refractivity contribution in [2.24, 2.45) is 0 Å². The summed E-state index contributed by atoms with van der Waals surface area (Å²) < 4.78 is 6.67. The molecule has 4 aromatic rings. The third-order valence-electron chi connectivity index (χ3n) is 3.80. The van der Waals surface area contributed by atoms with E-state index < -0.39 is 5.91 Å². The highest BCUT2D eigenvalue weighted by molar-refractivity contribution is 7.99. The third-order valence-corrected chi connectivity index (χ3v) is 5.93. The lowest BCUT2D eigenvalue weighted by molar-refractivity contribution is -0.112. The van der Waals surface area contributed by atoms with Gasteiger partial charge in [0.15, 0.2) is 10.2 Å². The number of furan rings is 1. The number of thiazole rings is 1. The Bertz CT molecular complexity index is 1220. The Morgan fingerprint density at radius 1 is 1.17 bits per heavy atom. The summed E-state index contributed by atoms with van der Waals surface area (Å²) in [4.78, 5) is 17.8. The van der Waals surface area contributed by atoms with Crippen molar-refractivity contribution in [2.75, 3.05) is 5.32 Å². The van der Waals surface area contributed by atoms with Gasteiger partial charge >= 0.3 is 0 Å². The van der Waals surface area contributed by atoms with Crippen molar-refractivity contribution in [3.8, 4) is 6.07 Å². The van der Waals surface area contributed by atoms with Gasteiger partial charge in [0.05, 0.1) is 10.2 Å². The van der Waals surface area contributed by atoms with Gasteiger partial charge in [0.2, 0.25) is 0 Å². The quantitative estimate of drug-likeness (QED) is 0.295. The average Bonchev–Trinajstić information content (AvgIpc) is 3.33. The van der Waals surface area contributed by atoms with E-state index in [9.17, 15) is 10.1 Å². The van der Waals surface area contributed by atoms with Crippen LogP contribution >= 0.6 is 34.7 Å². The van der Waals surface area contributed by atoms with Crippen LogP contribution in [-0.4, -0.2) is 10.9 Å². The van der Waals surface area contributed by atoms with Gasteiger partial charge < -0.3 is 4.42 Å². The zero-order chi connectivity index (χ0) is 20.2. The van der Waals surface area contributed by atoms with Crippen molar-refractivity contribution in [2.45, 2.75) is 9.99 Å². The van der Waals surface area contributed by atoms with Gasteiger partial charge in [-0.15, -0.1) is 0 Å². The zero-order valence-electron chi connectivity index (χ0n) is 14.8. The third kappa shape index (κ3) is 4.69. The Morgan fingerprint density at radius 2 is 1.97 bits per heavy atom. The summed E-state index contributed by atoms with van der Waals surface area (Å²) in [5.74, 6) is -0.118. The van der Waals surface area contributed by atoms with Gasteiger partial charge in [-0.3, -0.25) is 10.1 Å². The highest BCUT2D eigenvalue weighted by Crippen LogP contribution is 2.31. The fourth-order valence-corrected chi connectivity index (χ4v) is 4.23. The Kier molecular flexibility index (Phi) is 5.67.